The molecule has 14 heavy (non-hydrogen) atoms. The van der Waals surface area contributed by atoms with Gasteiger partial charge >= 0.3 is 5.69 Å². The molecule has 0 saturated carbocycles. The molecule has 0 amide bonds. The molecule has 1 aromatic heterocycles. The van der Waals surface area contributed by atoms with E-state index >= 15 is 0 Å². The average molecular weight is 191 g/mol. The Kier molecular flexibility index (Phi) is 1.96. The monoisotopic (exact) mass is 191 g/mol. The molecule has 0 radical (unpaired) electrons. The molecule has 0 N–H and O–H groups in total. The lowest BCUT2D eigenvalue weighted by Gasteiger charge is -1.94. The highest BCUT2D eigenvalue weighted by Crippen LogP contribution is 2.21. The van der Waals surface area contributed by atoms with Crippen LogP contribution in [0.4, 0.5) is 5.69 Å². The summed E-state index contributed by atoms with van der Waals surface area (Å²) < 4.78 is 1.96. The van der Waals surface area contributed by atoms with E-state index in [2.05, 4.69) is 4.84 Å². The highest BCUT2D eigenvalue weighted by atomic mass is 16.8. The van der Waals surface area contributed by atoms with Gasteiger partial charge in [0.1, 0.15) is 0 Å². The largest absolute Gasteiger partial charge is 0.350 e. The van der Waals surface area contributed by atoms with Crippen molar-refractivity contribution in [3.05, 3.63) is 35.4 Å². The summed E-state index contributed by atoms with van der Waals surface area (Å²) >= 11 is 0. The summed E-state index contributed by atoms with van der Waals surface area (Å²) in [6.45, 7) is 0. The van der Waals surface area contributed by atoms with Gasteiger partial charge in [0, 0.05) is 30.8 Å². The molecule has 2 aromatic rings. The van der Waals surface area contributed by atoms with Gasteiger partial charge in [-0.05, 0) is 12.1 Å². The number of hydrogen-bond donors (Lipinski definition) is 0. The predicted molar refractivity (Wildman–Crippen MR) is 53.2 cm³/mol. The second-order valence-corrected chi connectivity index (χ2v) is 3.11. The van der Waals surface area contributed by atoms with Crippen LogP contribution in [0.15, 0.2) is 30.5 Å². The van der Waals surface area contributed by atoms with Crippen molar-refractivity contribution in [1.29, 1.82) is 0 Å². The molecule has 72 valence electrons. The van der Waals surface area contributed by atoms with Crippen molar-refractivity contribution in [3.63, 3.8) is 0 Å². The van der Waals surface area contributed by atoms with Crippen LogP contribution in [0.3, 0.4) is 0 Å². The Hall–Kier alpha value is -1.84. The van der Waals surface area contributed by atoms with E-state index < -0.39 is 0 Å². The molecule has 0 bridgehead atoms. The predicted octanol–water partition coefficient (Wildman–Crippen LogP) is 2.15. The van der Waals surface area contributed by atoms with E-state index in [1.807, 2.05) is 29.9 Å². The van der Waals surface area contributed by atoms with Crippen LogP contribution in [-0.4, -0.2) is 16.6 Å². The summed E-state index contributed by atoms with van der Waals surface area (Å²) in [7, 11) is 3.29. The van der Waals surface area contributed by atoms with Crippen LogP contribution < -0.4 is 0 Å². The molecule has 0 saturated heterocycles. The Balaban J connectivity index is 2.60. The van der Waals surface area contributed by atoms with Gasteiger partial charge in [0.2, 0.25) is 0 Å². The molecular weight excluding hydrogens is 180 g/mol. The van der Waals surface area contributed by atoms with Crippen molar-refractivity contribution < 1.29 is 9.76 Å². The van der Waals surface area contributed by atoms with E-state index in [1.54, 1.807) is 12.1 Å². The summed E-state index contributed by atoms with van der Waals surface area (Å²) in [5.41, 5.74) is 1.52. The van der Waals surface area contributed by atoms with Crippen molar-refractivity contribution in [2.75, 3.05) is 7.11 Å². The molecule has 1 heterocycles. The van der Waals surface area contributed by atoms with Crippen molar-refractivity contribution in [1.82, 2.24) is 4.57 Å². The molecule has 0 aliphatic heterocycles. The molecule has 0 unspecified atom stereocenters. The number of hydrogen-bond acceptors (Lipinski definition) is 2. The fourth-order valence-corrected chi connectivity index (χ4v) is 1.47. The first-order valence-electron chi connectivity index (χ1n) is 4.29. The molecule has 0 aliphatic rings. The first-order chi connectivity index (χ1) is 6.72. The van der Waals surface area contributed by atoms with Crippen LogP contribution in [0.2, 0.25) is 0 Å². The fourth-order valence-electron chi connectivity index (χ4n) is 1.47. The van der Waals surface area contributed by atoms with Crippen molar-refractivity contribution in [3.8, 4) is 0 Å². The Morgan fingerprint density at radius 2 is 2.14 bits per heavy atom. The Bertz CT molecular complexity index is 488. The maximum atomic E-state index is 11.2. The number of nitrogens with zero attached hydrogens (tertiary/aromatic N) is 2. The van der Waals surface area contributed by atoms with Crippen LogP contribution in [0.25, 0.3) is 10.9 Å². The van der Waals surface area contributed by atoms with E-state index in [9.17, 15) is 4.91 Å². The number of rotatable bonds is 2. The molecule has 4 nitrogen and oxygen atoms in total. The smallest absolute Gasteiger partial charge is 0.318 e. The Morgan fingerprint density at radius 1 is 1.36 bits per heavy atom. The summed E-state index contributed by atoms with van der Waals surface area (Å²) in [6.07, 6.45) is 1.95. The zero-order valence-electron chi connectivity index (χ0n) is 8.10. The third kappa shape index (κ3) is 1.25. The lowest BCUT2D eigenvalue weighted by molar-refractivity contribution is -0.736. The summed E-state index contributed by atoms with van der Waals surface area (Å²) in [5, 5.41) is 1.11. The first kappa shape index (κ1) is 8.74. The highest BCUT2D eigenvalue weighted by Gasteiger charge is 2.14. The lowest BCUT2D eigenvalue weighted by Crippen LogP contribution is -1.97. The summed E-state index contributed by atoms with van der Waals surface area (Å²) in [4.78, 5) is 16.2. The second kappa shape index (κ2) is 3.14. The average Bonchev–Trinajstić information content (AvgIpc) is 2.59. The van der Waals surface area contributed by atoms with Gasteiger partial charge in [-0.3, -0.25) is 0 Å². The fraction of sp³-hybridized carbons (Fsp3) is 0.200. The van der Waals surface area contributed by atoms with E-state index in [-0.39, 0.29) is 0 Å². The zero-order chi connectivity index (χ0) is 10.1. The van der Waals surface area contributed by atoms with Crippen LogP contribution in [0.5, 0.6) is 0 Å². The number of aryl methyl sites for hydroxylation is 1. The van der Waals surface area contributed by atoms with Gasteiger partial charge in [-0.1, -0.05) is 0 Å². The topological polar surface area (TPSA) is 34.2 Å². The molecule has 2 rings (SSSR count). The zero-order valence-corrected chi connectivity index (χ0v) is 8.10. The van der Waals surface area contributed by atoms with Gasteiger partial charge in [-0.25, -0.2) is 4.84 Å². The van der Waals surface area contributed by atoms with Gasteiger partial charge in [0.25, 0.3) is 4.92 Å². The maximum absolute atomic E-state index is 11.2. The SMILES string of the molecule is CO[N+](=O)c1ccc2ccn(C)c2c1. The van der Waals surface area contributed by atoms with E-state index in [0.717, 1.165) is 10.9 Å². The van der Waals surface area contributed by atoms with Crippen LogP contribution >= 0.6 is 0 Å². The number of aromatic nitrogens is 1. The molecule has 0 atom stereocenters. The standard InChI is InChI=1S/C10H11N2O2/c1-11-6-5-8-3-4-9(7-10(8)11)12(13)14-2/h3-7H,1-2H3/q+1. The number of fused-ring (bicyclic) bond motifs is 1. The molecular formula is C10H11N2O2+. The quantitative estimate of drug-likeness (QED) is 0.681. The van der Waals surface area contributed by atoms with Crippen molar-refractivity contribution >= 4 is 16.6 Å². The Morgan fingerprint density at radius 3 is 2.86 bits per heavy atom. The normalized spacial score (nSPS) is 10.4. The summed E-state index contributed by atoms with van der Waals surface area (Å²) in [6, 6.07) is 7.43. The van der Waals surface area contributed by atoms with Gasteiger partial charge in [-0.2, -0.15) is 0 Å². The lowest BCUT2D eigenvalue weighted by atomic mass is 10.2. The molecule has 1 aromatic carbocycles. The molecule has 0 spiro atoms. The van der Waals surface area contributed by atoms with Crippen molar-refractivity contribution in [2.45, 2.75) is 0 Å². The van der Waals surface area contributed by atoms with Crippen molar-refractivity contribution in [2.24, 2.45) is 7.05 Å². The Labute approximate surface area is 81.2 Å². The van der Waals surface area contributed by atoms with E-state index in [1.165, 1.54) is 7.11 Å². The first-order valence-corrected chi connectivity index (χ1v) is 4.29. The van der Waals surface area contributed by atoms with Gasteiger partial charge < -0.3 is 4.57 Å². The minimum absolute atomic E-state index is 0.492. The third-order valence-electron chi connectivity index (χ3n) is 2.25. The third-order valence-corrected chi connectivity index (χ3v) is 2.25. The van der Waals surface area contributed by atoms with Crippen LogP contribution in [-0.2, 0) is 11.9 Å². The van der Waals surface area contributed by atoms with E-state index in [4.69, 9.17) is 0 Å². The minimum Gasteiger partial charge on any atom is -0.350 e. The second-order valence-electron chi connectivity index (χ2n) is 3.11. The van der Waals surface area contributed by atoms with E-state index in [0.29, 0.717) is 10.6 Å². The minimum atomic E-state index is 0.492. The molecule has 0 fully saturated rings. The maximum Gasteiger partial charge on any atom is 0.318 e. The number of benzene rings is 1. The van der Waals surface area contributed by atoms with Crippen LogP contribution in [0.1, 0.15) is 0 Å². The molecule has 4 heteroatoms. The summed E-state index contributed by atoms with van der Waals surface area (Å²) in [5.74, 6) is 0. The van der Waals surface area contributed by atoms with Gasteiger partial charge in [-0.15, -0.1) is 0 Å². The highest BCUT2D eigenvalue weighted by molar-refractivity contribution is 5.82. The van der Waals surface area contributed by atoms with Gasteiger partial charge in [0.15, 0.2) is 7.11 Å². The van der Waals surface area contributed by atoms with Crippen LogP contribution in [0, 0.1) is 4.91 Å². The molecule has 0 aliphatic carbocycles. The van der Waals surface area contributed by atoms with Gasteiger partial charge in [0.05, 0.1) is 10.4 Å².